The summed E-state index contributed by atoms with van der Waals surface area (Å²) in [7, 11) is 1.49. The van der Waals surface area contributed by atoms with E-state index < -0.39 is 24.2 Å². The molecule has 0 aromatic carbocycles. The van der Waals surface area contributed by atoms with Gasteiger partial charge in [0, 0.05) is 13.2 Å². The van der Waals surface area contributed by atoms with Crippen molar-refractivity contribution in [3.05, 3.63) is 21.0 Å². The van der Waals surface area contributed by atoms with Gasteiger partial charge in [-0.25, -0.2) is 4.68 Å². The summed E-state index contributed by atoms with van der Waals surface area (Å²) in [6.07, 6.45) is -3.94. The van der Waals surface area contributed by atoms with E-state index in [0.717, 1.165) is 0 Å². The molecule has 0 bridgehead atoms. The molecule has 1 heterocycles. The highest BCUT2D eigenvalue weighted by Crippen LogP contribution is 2.24. The third-order valence-electron chi connectivity index (χ3n) is 2.43. The summed E-state index contributed by atoms with van der Waals surface area (Å²) >= 11 is 3.07. The number of ether oxygens (including phenoxy) is 1. The smallest absolute Gasteiger partial charge is 0.383 e. The maximum atomic E-state index is 12.2. The van der Waals surface area contributed by atoms with Gasteiger partial charge in [0.25, 0.3) is 5.56 Å². The van der Waals surface area contributed by atoms with Gasteiger partial charge in [-0.1, -0.05) is 0 Å². The third kappa shape index (κ3) is 5.12. The molecule has 0 amide bonds. The van der Waals surface area contributed by atoms with Crippen molar-refractivity contribution in [1.29, 1.82) is 0 Å². The van der Waals surface area contributed by atoms with E-state index in [1.807, 2.05) is 0 Å². The van der Waals surface area contributed by atoms with Crippen LogP contribution in [0.2, 0.25) is 0 Å². The highest BCUT2D eigenvalue weighted by molar-refractivity contribution is 9.10. The van der Waals surface area contributed by atoms with Crippen molar-refractivity contribution in [1.82, 2.24) is 9.78 Å². The van der Waals surface area contributed by atoms with Crippen LogP contribution in [0.15, 0.2) is 15.5 Å². The highest BCUT2D eigenvalue weighted by atomic mass is 79.9. The van der Waals surface area contributed by atoms with Crippen molar-refractivity contribution in [2.45, 2.75) is 32.1 Å². The van der Waals surface area contributed by atoms with Gasteiger partial charge in [-0.05, 0) is 22.9 Å². The van der Waals surface area contributed by atoms with Crippen LogP contribution in [0.1, 0.15) is 13.3 Å². The molecule has 0 aliphatic heterocycles. The topological polar surface area (TPSA) is 56.1 Å². The number of hydrogen-bond donors (Lipinski definition) is 1. The Morgan fingerprint density at radius 3 is 2.75 bits per heavy atom. The van der Waals surface area contributed by atoms with Crippen LogP contribution in [0.5, 0.6) is 0 Å². The third-order valence-corrected chi connectivity index (χ3v) is 3.20. The summed E-state index contributed by atoms with van der Waals surface area (Å²) in [5, 5.41) is 6.49. The monoisotopic (exact) mass is 357 g/mol. The van der Waals surface area contributed by atoms with Crippen molar-refractivity contribution < 1.29 is 17.9 Å². The van der Waals surface area contributed by atoms with Gasteiger partial charge >= 0.3 is 6.18 Å². The molecule has 1 atom stereocenters. The van der Waals surface area contributed by atoms with Crippen molar-refractivity contribution in [2.75, 3.05) is 19.0 Å². The van der Waals surface area contributed by atoms with Crippen LogP contribution in [0.3, 0.4) is 0 Å². The first-order valence-electron chi connectivity index (χ1n) is 5.82. The van der Waals surface area contributed by atoms with Gasteiger partial charge in [0.2, 0.25) is 0 Å². The number of aromatic nitrogens is 2. The molecule has 0 saturated heterocycles. The Morgan fingerprint density at radius 1 is 1.55 bits per heavy atom. The Morgan fingerprint density at radius 2 is 2.20 bits per heavy atom. The van der Waals surface area contributed by atoms with E-state index in [1.165, 1.54) is 24.9 Å². The zero-order valence-electron chi connectivity index (χ0n) is 11.0. The average molecular weight is 358 g/mol. The Balaban J connectivity index is 2.82. The first-order chi connectivity index (χ1) is 9.24. The molecule has 114 valence electrons. The number of methoxy groups -OCH3 is 1. The van der Waals surface area contributed by atoms with Gasteiger partial charge < -0.3 is 10.1 Å². The molecule has 5 nitrogen and oxygen atoms in total. The number of hydrogen-bond acceptors (Lipinski definition) is 4. The fraction of sp³-hybridized carbons (Fsp3) is 0.636. The molecule has 0 radical (unpaired) electrons. The summed E-state index contributed by atoms with van der Waals surface area (Å²) in [6.45, 7) is 1.97. The van der Waals surface area contributed by atoms with Crippen LogP contribution in [-0.4, -0.2) is 35.7 Å². The summed E-state index contributed by atoms with van der Waals surface area (Å²) in [6, 6.07) is -0.859. The van der Waals surface area contributed by atoms with E-state index in [9.17, 15) is 18.0 Å². The molecule has 1 rings (SSSR count). The van der Waals surface area contributed by atoms with E-state index in [2.05, 4.69) is 26.3 Å². The summed E-state index contributed by atoms with van der Waals surface area (Å²) in [5.74, 6) is 0. The number of nitrogens with zero attached hydrogens (tertiary/aromatic N) is 2. The number of alkyl halides is 3. The lowest BCUT2D eigenvalue weighted by atomic mass is 10.2. The molecule has 20 heavy (non-hydrogen) atoms. The predicted molar refractivity (Wildman–Crippen MR) is 71.8 cm³/mol. The molecule has 0 spiro atoms. The highest BCUT2D eigenvalue weighted by Gasteiger charge is 2.30. The second-order valence-electron chi connectivity index (χ2n) is 4.26. The van der Waals surface area contributed by atoms with Crippen LogP contribution in [0, 0.1) is 0 Å². The first kappa shape index (κ1) is 17.0. The van der Waals surface area contributed by atoms with Crippen LogP contribution >= 0.6 is 15.9 Å². The Labute approximate surface area is 122 Å². The Kier molecular flexibility index (Phi) is 6.00. The fourth-order valence-electron chi connectivity index (χ4n) is 1.57. The molecule has 9 heteroatoms. The minimum absolute atomic E-state index is 0.151. The predicted octanol–water partition coefficient (Wildman–Crippen LogP) is 2.41. The normalized spacial score (nSPS) is 13.3. The molecule has 1 aromatic rings. The second kappa shape index (κ2) is 7.07. The number of anilines is 1. The molecule has 1 unspecified atom stereocenters. The molecule has 1 aromatic heterocycles. The summed E-state index contributed by atoms with van der Waals surface area (Å²) in [4.78, 5) is 11.9. The lowest BCUT2D eigenvalue weighted by Gasteiger charge is -2.18. The first-order valence-corrected chi connectivity index (χ1v) is 6.61. The molecule has 0 fully saturated rings. The van der Waals surface area contributed by atoms with E-state index in [0.29, 0.717) is 6.61 Å². The van der Waals surface area contributed by atoms with Gasteiger partial charge in [0.15, 0.2) is 0 Å². The van der Waals surface area contributed by atoms with Crippen molar-refractivity contribution >= 4 is 21.6 Å². The maximum absolute atomic E-state index is 12.2. The quantitative estimate of drug-likeness (QED) is 0.849. The maximum Gasteiger partial charge on any atom is 0.391 e. The van der Waals surface area contributed by atoms with E-state index in [-0.39, 0.29) is 16.7 Å². The standard InChI is InChI=1S/C11H15BrF3N3O2/c1-7(5-11(13,14)15)17-8-6-16-18(3-4-20-2)10(19)9(8)12/h6-7,17H,3-5H2,1-2H3. The Bertz CT molecular complexity index is 505. The lowest BCUT2D eigenvalue weighted by molar-refractivity contribution is -0.136. The van der Waals surface area contributed by atoms with Gasteiger partial charge in [-0.2, -0.15) is 18.3 Å². The van der Waals surface area contributed by atoms with Crippen molar-refractivity contribution in [3.63, 3.8) is 0 Å². The van der Waals surface area contributed by atoms with Gasteiger partial charge in [-0.3, -0.25) is 4.79 Å². The van der Waals surface area contributed by atoms with Crippen LogP contribution in [0.25, 0.3) is 0 Å². The van der Waals surface area contributed by atoms with Crippen LogP contribution in [-0.2, 0) is 11.3 Å². The van der Waals surface area contributed by atoms with Gasteiger partial charge in [0.05, 0.1) is 31.5 Å². The average Bonchev–Trinajstić information content (AvgIpc) is 2.32. The molecule has 0 saturated carbocycles. The second-order valence-corrected chi connectivity index (χ2v) is 5.05. The van der Waals surface area contributed by atoms with Crippen molar-refractivity contribution in [2.24, 2.45) is 0 Å². The largest absolute Gasteiger partial charge is 0.391 e. The van der Waals surface area contributed by atoms with E-state index in [4.69, 9.17) is 4.74 Å². The number of halogens is 4. The molecular formula is C11H15BrF3N3O2. The number of rotatable bonds is 6. The summed E-state index contributed by atoms with van der Waals surface area (Å²) < 4.78 is 42.9. The SMILES string of the molecule is COCCn1ncc(NC(C)CC(F)(F)F)c(Br)c1=O. The summed E-state index contributed by atoms with van der Waals surface area (Å²) in [5.41, 5.74) is -0.188. The van der Waals surface area contributed by atoms with Crippen LogP contribution in [0.4, 0.5) is 18.9 Å². The van der Waals surface area contributed by atoms with E-state index >= 15 is 0 Å². The zero-order chi connectivity index (χ0) is 15.3. The zero-order valence-corrected chi connectivity index (χ0v) is 12.6. The molecule has 0 aliphatic rings. The Hall–Kier alpha value is -1.09. The fourth-order valence-corrected chi connectivity index (χ4v) is 1.99. The molecule has 0 aliphatic carbocycles. The lowest BCUT2D eigenvalue weighted by Crippen LogP contribution is -2.29. The molecular weight excluding hydrogens is 343 g/mol. The molecule has 1 N–H and O–H groups in total. The van der Waals surface area contributed by atoms with Crippen molar-refractivity contribution in [3.8, 4) is 0 Å². The number of nitrogens with one attached hydrogen (secondary N) is 1. The van der Waals surface area contributed by atoms with E-state index in [1.54, 1.807) is 0 Å². The van der Waals surface area contributed by atoms with Gasteiger partial charge in [-0.15, -0.1) is 0 Å². The minimum Gasteiger partial charge on any atom is -0.383 e. The van der Waals surface area contributed by atoms with Crippen LogP contribution < -0.4 is 10.9 Å². The minimum atomic E-state index is -4.26. The van der Waals surface area contributed by atoms with Gasteiger partial charge in [0.1, 0.15) is 4.47 Å².